The normalized spacial score (nSPS) is 14.3. The van der Waals surface area contributed by atoms with E-state index < -0.39 is 28.5 Å². The van der Waals surface area contributed by atoms with Crippen LogP contribution in [0.15, 0.2) is 72.8 Å². The van der Waals surface area contributed by atoms with Crippen LogP contribution in [0.4, 0.5) is 5.69 Å². The predicted molar refractivity (Wildman–Crippen MR) is 166 cm³/mol. The summed E-state index contributed by atoms with van der Waals surface area (Å²) in [6.07, 6.45) is 5.20. The van der Waals surface area contributed by atoms with Gasteiger partial charge in [-0.3, -0.25) is 13.9 Å². The minimum absolute atomic E-state index is 0.0474. The number of hydrogen-bond donors (Lipinski definition) is 1. The lowest BCUT2D eigenvalue weighted by Crippen LogP contribution is -2.54. The first kappa shape index (κ1) is 31.4. The van der Waals surface area contributed by atoms with Gasteiger partial charge in [-0.15, -0.1) is 0 Å². The van der Waals surface area contributed by atoms with Crippen LogP contribution in [-0.4, -0.2) is 57.1 Å². The molecule has 2 amide bonds. The molecule has 0 aliphatic heterocycles. The highest BCUT2D eigenvalue weighted by Crippen LogP contribution is 2.29. The SMILES string of the molecule is COc1cccc(CN(C(=O)CN(c2cccc(Cl)c2C)S(C)(=O)=O)[C@@H](Cc2ccccc2)C(=O)NC2CCCC2)c1. The third kappa shape index (κ3) is 8.04. The molecule has 0 bridgehead atoms. The first-order chi connectivity index (χ1) is 20.1. The smallest absolute Gasteiger partial charge is 0.244 e. The van der Waals surface area contributed by atoms with Crippen LogP contribution in [0.5, 0.6) is 5.75 Å². The fraction of sp³-hybridized carbons (Fsp3) is 0.375. The fourth-order valence-corrected chi connectivity index (χ4v) is 6.42. The number of carbonyl (C=O) groups excluding carboxylic acids is 2. The van der Waals surface area contributed by atoms with E-state index in [1.165, 1.54) is 4.90 Å². The van der Waals surface area contributed by atoms with Gasteiger partial charge in [-0.2, -0.15) is 0 Å². The Kier molecular flexibility index (Phi) is 10.5. The zero-order chi connectivity index (χ0) is 30.3. The maximum absolute atomic E-state index is 14.3. The molecule has 3 aromatic rings. The van der Waals surface area contributed by atoms with Gasteiger partial charge in [0.05, 0.1) is 19.1 Å². The van der Waals surface area contributed by atoms with E-state index in [-0.39, 0.29) is 24.9 Å². The van der Waals surface area contributed by atoms with Crippen LogP contribution < -0.4 is 14.4 Å². The second-order valence-corrected chi connectivity index (χ2v) is 13.0. The Morgan fingerprint density at radius 2 is 1.67 bits per heavy atom. The van der Waals surface area contributed by atoms with Crippen molar-refractivity contribution in [3.05, 3.63) is 94.5 Å². The standard InChI is InChI=1S/C32H38ClN3O5S/c1-23-28(33)17-10-18-29(23)36(42(3,39)40)22-31(37)35(21-25-13-9-16-27(19-25)41-2)30(20-24-11-5-4-6-12-24)32(38)34-26-14-7-8-15-26/h4-6,9-13,16-19,26,30H,7-8,14-15,20-22H2,1-3H3,(H,34,38)/t30-/m0/s1. The van der Waals surface area contributed by atoms with Crippen LogP contribution in [0.2, 0.25) is 5.02 Å². The van der Waals surface area contributed by atoms with Crippen molar-refractivity contribution in [2.75, 3.05) is 24.2 Å². The van der Waals surface area contributed by atoms with Crippen molar-refractivity contribution >= 4 is 39.1 Å². The van der Waals surface area contributed by atoms with E-state index in [2.05, 4.69) is 5.32 Å². The number of ether oxygens (including phenoxy) is 1. The summed E-state index contributed by atoms with van der Waals surface area (Å²) >= 11 is 6.32. The number of rotatable bonds is 12. The van der Waals surface area contributed by atoms with Gasteiger partial charge in [0.1, 0.15) is 18.3 Å². The quantitative estimate of drug-likeness (QED) is 0.307. The Balaban J connectivity index is 1.75. The fourth-order valence-electron chi connectivity index (χ4n) is 5.35. The summed E-state index contributed by atoms with van der Waals surface area (Å²) < 4.78 is 32.5. The maximum Gasteiger partial charge on any atom is 0.244 e. The summed E-state index contributed by atoms with van der Waals surface area (Å²) in [5, 5.41) is 3.56. The highest BCUT2D eigenvalue weighted by atomic mass is 35.5. The van der Waals surface area contributed by atoms with Gasteiger partial charge in [-0.25, -0.2) is 8.42 Å². The molecule has 1 saturated carbocycles. The predicted octanol–water partition coefficient (Wildman–Crippen LogP) is 5.12. The number of halogens is 1. The first-order valence-electron chi connectivity index (χ1n) is 14.1. The van der Waals surface area contributed by atoms with Gasteiger partial charge in [0, 0.05) is 24.0 Å². The van der Waals surface area contributed by atoms with Crippen LogP contribution in [0.3, 0.4) is 0 Å². The minimum Gasteiger partial charge on any atom is -0.497 e. The van der Waals surface area contributed by atoms with E-state index in [1.807, 2.05) is 48.5 Å². The molecule has 0 spiro atoms. The van der Waals surface area contributed by atoms with Crippen molar-refractivity contribution in [3.8, 4) is 5.75 Å². The Morgan fingerprint density at radius 1 is 1.00 bits per heavy atom. The number of hydrogen-bond acceptors (Lipinski definition) is 5. The van der Waals surface area contributed by atoms with Crippen LogP contribution in [0, 0.1) is 6.92 Å². The lowest BCUT2D eigenvalue weighted by Gasteiger charge is -2.34. The highest BCUT2D eigenvalue weighted by molar-refractivity contribution is 7.92. The van der Waals surface area contributed by atoms with Gasteiger partial charge in [0.25, 0.3) is 0 Å². The number of sulfonamides is 1. The molecule has 0 unspecified atom stereocenters. The molecule has 1 fully saturated rings. The van der Waals surface area contributed by atoms with Crippen molar-refractivity contribution < 1.29 is 22.7 Å². The van der Waals surface area contributed by atoms with E-state index in [4.69, 9.17) is 16.3 Å². The summed E-state index contributed by atoms with van der Waals surface area (Å²) in [6.45, 7) is 1.30. The molecule has 8 nitrogen and oxygen atoms in total. The number of nitrogens with zero attached hydrogens (tertiary/aromatic N) is 2. The Morgan fingerprint density at radius 3 is 2.33 bits per heavy atom. The summed E-state index contributed by atoms with van der Waals surface area (Å²) in [5.41, 5.74) is 2.49. The lowest BCUT2D eigenvalue weighted by molar-refractivity contribution is -0.140. The minimum atomic E-state index is -3.89. The molecule has 0 saturated heterocycles. The molecule has 42 heavy (non-hydrogen) atoms. The molecular weight excluding hydrogens is 574 g/mol. The van der Waals surface area contributed by atoms with Crippen molar-refractivity contribution in [2.45, 2.75) is 57.7 Å². The number of benzene rings is 3. The van der Waals surface area contributed by atoms with E-state index in [0.717, 1.165) is 47.4 Å². The number of methoxy groups -OCH3 is 1. The van der Waals surface area contributed by atoms with Crippen LogP contribution >= 0.6 is 11.6 Å². The van der Waals surface area contributed by atoms with Crippen molar-refractivity contribution in [1.29, 1.82) is 0 Å². The molecule has 3 aromatic carbocycles. The van der Waals surface area contributed by atoms with Gasteiger partial charge < -0.3 is 15.0 Å². The third-order valence-corrected chi connectivity index (χ3v) is 9.18. The molecule has 224 valence electrons. The molecule has 1 N–H and O–H groups in total. The topological polar surface area (TPSA) is 96.0 Å². The summed E-state index contributed by atoms with van der Waals surface area (Å²) in [6, 6.07) is 20.9. The van der Waals surface area contributed by atoms with Crippen molar-refractivity contribution in [1.82, 2.24) is 10.2 Å². The van der Waals surface area contributed by atoms with E-state index in [1.54, 1.807) is 38.3 Å². The molecule has 1 atom stereocenters. The van der Waals surface area contributed by atoms with Gasteiger partial charge in [0.2, 0.25) is 21.8 Å². The third-order valence-electron chi connectivity index (χ3n) is 7.65. The van der Waals surface area contributed by atoms with E-state index in [0.29, 0.717) is 22.0 Å². The molecule has 1 aliphatic carbocycles. The zero-order valence-corrected chi connectivity index (χ0v) is 25.8. The largest absolute Gasteiger partial charge is 0.497 e. The number of carbonyl (C=O) groups is 2. The lowest BCUT2D eigenvalue weighted by atomic mass is 10.0. The van der Waals surface area contributed by atoms with Crippen LogP contribution in [-0.2, 0) is 32.6 Å². The van der Waals surface area contributed by atoms with E-state index >= 15 is 0 Å². The maximum atomic E-state index is 14.3. The molecule has 4 rings (SSSR count). The molecule has 0 aromatic heterocycles. The average molecular weight is 612 g/mol. The number of nitrogens with one attached hydrogen (secondary N) is 1. The van der Waals surface area contributed by atoms with Crippen LogP contribution in [0.1, 0.15) is 42.4 Å². The highest BCUT2D eigenvalue weighted by Gasteiger charge is 2.34. The monoisotopic (exact) mass is 611 g/mol. The number of anilines is 1. The number of amides is 2. The Hall–Kier alpha value is -3.56. The van der Waals surface area contributed by atoms with Gasteiger partial charge in [-0.05, 0) is 60.7 Å². The summed E-state index contributed by atoms with van der Waals surface area (Å²) in [4.78, 5) is 29.7. The zero-order valence-electron chi connectivity index (χ0n) is 24.3. The molecule has 0 radical (unpaired) electrons. The average Bonchev–Trinajstić information content (AvgIpc) is 3.48. The van der Waals surface area contributed by atoms with Crippen LogP contribution in [0.25, 0.3) is 0 Å². The van der Waals surface area contributed by atoms with Gasteiger partial charge >= 0.3 is 0 Å². The van der Waals surface area contributed by atoms with Gasteiger partial charge in [-0.1, -0.05) is 73.0 Å². The molecular formula is C32H38ClN3O5S. The van der Waals surface area contributed by atoms with E-state index in [9.17, 15) is 18.0 Å². The van der Waals surface area contributed by atoms with Crippen molar-refractivity contribution in [3.63, 3.8) is 0 Å². The van der Waals surface area contributed by atoms with Crippen molar-refractivity contribution in [2.24, 2.45) is 0 Å². The summed E-state index contributed by atoms with van der Waals surface area (Å²) in [7, 11) is -2.32. The van der Waals surface area contributed by atoms with Gasteiger partial charge in [0.15, 0.2) is 0 Å². The first-order valence-corrected chi connectivity index (χ1v) is 16.3. The second-order valence-electron chi connectivity index (χ2n) is 10.7. The molecule has 1 aliphatic rings. The Bertz CT molecular complexity index is 1490. The Labute approximate surface area is 253 Å². The molecule has 0 heterocycles. The summed E-state index contributed by atoms with van der Waals surface area (Å²) in [5.74, 6) is -0.154. The molecule has 10 heteroatoms. The second kappa shape index (κ2) is 14.1.